The van der Waals surface area contributed by atoms with Crippen LogP contribution in [0.5, 0.6) is 0 Å². The molecule has 1 aromatic rings. The van der Waals surface area contributed by atoms with Crippen molar-refractivity contribution in [2.75, 3.05) is 6.54 Å². The average Bonchev–Trinajstić information content (AvgIpc) is 2.45. The maximum absolute atomic E-state index is 12.2. The number of fused-ring (bicyclic) bond motifs is 1. The van der Waals surface area contributed by atoms with E-state index in [0.717, 1.165) is 12.7 Å². The molecule has 3 nitrogen and oxygen atoms in total. The highest BCUT2D eigenvalue weighted by molar-refractivity contribution is 5.07. The van der Waals surface area contributed by atoms with E-state index in [-0.39, 0.29) is 0 Å². The molecule has 72 valence electrons. The second-order valence-corrected chi connectivity index (χ2v) is 3.01. The van der Waals surface area contributed by atoms with Gasteiger partial charge in [0.25, 0.3) is 0 Å². The van der Waals surface area contributed by atoms with Gasteiger partial charge in [0.05, 0.1) is 13.1 Å². The molecular formula is C7H9F3N3+. The van der Waals surface area contributed by atoms with Crippen molar-refractivity contribution >= 4 is 0 Å². The largest absolute Gasteiger partial charge is 0.434 e. The molecule has 0 saturated heterocycles. The number of alkyl halides is 3. The zero-order valence-corrected chi connectivity index (χ0v) is 6.80. The number of hydrogen-bond acceptors (Lipinski definition) is 1. The molecule has 2 rings (SSSR count). The molecule has 0 amide bonds. The first-order valence-corrected chi connectivity index (χ1v) is 4.02. The summed E-state index contributed by atoms with van der Waals surface area (Å²) < 4.78 is 38.1. The number of quaternary nitrogens is 1. The van der Waals surface area contributed by atoms with Crippen LogP contribution in [0.25, 0.3) is 0 Å². The summed E-state index contributed by atoms with van der Waals surface area (Å²) in [5.74, 6) is 0.513. The molecule has 0 saturated carbocycles. The number of imidazole rings is 1. The summed E-state index contributed by atoms with van der Waals surface area (Å²) in [4.78, 5) is 3.53. The Morgan fingerprint density at radius 2 is 2.23 bits per heavy atom. The van der Waals surface area contributed by atoms with Gasteiger partial charge in [-0.25, -0.2) is 4.98 Å². The van der Waals surface area contributed by atoms with Gasteiger partial charge in [0.2, 0.25) is 0 Å². The van der Waals surface area contributed by atoms with Crippen molar-refractivity contribution in [3.8, 4) is 0 Å². The fourth-order valence-corrected chi connectivity index (χ4v) is 1.41. The highest BCUT2D eigenvalue weighted by Crippen LogP contribution is 2.28. The van der Waals surface area contributed by atoms with Crippen LogP contribution < -0.4 is 5.32 Å². The minimum absolute atomic E-state index is 0.513. The summed E-state index contributed by atoms with van der Waals surface area (Å²) in [6.07, 6.45) is -3.23. The summed E-state index contributed by atoms with van der Waals surface area (Å²) in [6.45, 7) is 1.97. The lowest BCUT2D eigenvalue weighted by molar-refractivity contribution is -0.678. The first-order chi connectivity index (χ1) is 6.07. The Morgan fingerprint density at radius 3 is 2.85 bits per heavy atom. The van der Waals surface area contributed by atoms with E-state index in [4.69, 9.17) is 0 Å². The van der Waals surface area contributed by atoms with E-state index < -0.39 is 11.9 Å². The van der Waals surface area contributed by atoms with Crippen LogP contribution in [0.1, 0.15) is 11.5 Å². The third-order valence-electron chi connectivity index (χ3n) is 2.05. The van der Waals surface area contributed by atoms with Crippen LogP contribution in [-0.4, -0.2) is 16.1 Å². The Kier molecular flexibility index (Phi) is 1.80. The fraction of sp³-hybridized carbons (Fsp3) is 0.571. The van der Waals surface area contributed by atoms with Crippen LogP contribution in [0.4, 0.5) is 13.2 Å². The van der Waals surface area contributed by atoms with E-state index in [1.54, 1.807) is 4.57 Å². The van der Waals surface area contributed by atoms with Gasteiger partial charge in [-0.1, -0.05) is 0 Å². The minimum atomic E-state index is -4.32. The number of aromatic nitrogens is 2. The zero-order chi connectivity index (χ0) is 9.47. The molecule has 1 aliphatic heterocycles. The minimum Gasteiger partial charge on any atom is -0.338 e. The molecule has 1 aliphatic rings. The lowest BCUT2D eigenvalue weighted by Crippen LogP contribution is -2.85. The third kappa shape index (κ3) is 1.53. The number of nitrogens with zero attached hydrogens (tertiary/aromatic N) is 2. The Morgan fingerprint density at radius 1 is 1.46 bits per heavy atom. The molecule has 0 radical (unpaired) electrons. The van der Waals surface area contributed by atoms with Gasteiger partial charge in [-0.05, 0) is 0 Å². The fourth-order valence-electron chi connectivity index (χ4n) is 1.41. The Hall–Kier alpha value is -1.04. The van der Waals surface area contributed by atoms with Crippen molar-refractivity contribution in [1.29, 1.82) is 0 Å². The smallest absolute Gasteiger partial charge is 0.338 e. The highest BCUT2D eigenvalue weighted by Gasteiger charge is 2.35. The second-order valence-electron chi connectivity index (χ2n) is 3.01. The predicted octanol–water partition coefficient (Wildman–Crippen LogP) is -0.0211. The van der Waals surface area contributed by atoms with Gasteiger partial charge in [0, 0.05) is 6.20 Å². The van der Waals surface area contributed by atoms with Crippen LogP contribution in [-0.2, 0) is 19.3 Å². The monoisotopic (exact) mass is 192 g/mol. The first kappa shape index (κ1) is 8.55. The Bertz CT molecular complexity index is 292. The summed E-state index contributed by atoms with van der Waals surface area (Å²) in [5.41, 5.74) is -0.780. The van der Waals surface area contributed by atoms with Gasteiger partial charge in [0.15, 0.2) is 11.5 Å². The van der Waals surface area contributed by atoms with Crippen LogP contribution in [0.3, 0.4) is 0 Å². The molecule has 13 heavy (non-hydrogen) atoms. The molecule has 0 bridgehead atoms. The molecule has 0 aliphatic carbocycles. The standard InChI is InChI=1S/C7H8F3N3/c8-7(9,10)5-4-13-2-1-11-3-6(13)12-5/h4,11H,1-3H2/p+1. The van der Waals surface area contributed by atoms with Gasteiger partial charge in [-0.3, -0.25) is 0 Å². The number of rotatable bonds is 0. The van der Waals surface area contributed by atoms with Crippen molar-refractivity contribution in [2.45, 2.75) is 19.3 Å². The summed E-state index contributed by atoms with van der Waals surface area (Å²) in [5, 5.41) is 1.95. The summed E-state index contributed by atoms with van der Waals surface area (Å²) in [7, 11) is 0. The summed E-state index contributed by atoms with van der Waals surface area (Å²) in [6, 6.07) is 0. The molecule has 0 atom stereocenters. The lowest BCUT2D eigenvalue weighted by atomic mass is 10.4. The molecular weight excluding hydrogens is 183 g/mol. The van der Waals surface area contributed by atoms with Crippen molar-refractivity contribution < 1.29 is 18.5 Å². The van der Waals surface area contributed by atoms with Gasteiger partial charge in [0.1, 0.15) is 6.54 Å². The highest BCUT2D eigenvalue weighted by atomic mass is 19.4. The first-order valence-electron chi connectivity index (χ1n) is 4.02. The third-order valence-corrected chi connectivity index (χ3v) is 2.05. The van der Waals surface area contributed by atoms with E-state index in [9.17, 15) is 13.2 Å². The molecule has 2 heterocycles. The van der Waals surface area contributed by atoms with Crippen molar-refractivity contribution in [3.63, 3.8) is 0 Å². The maximum Gasteiger partial charge on any atom is 0.434 e. The zero-order valence-electron chi connectivity index (χ0n) is 6.80. The molecule has 1 aromatic heterocycles. The van der Waals surface area contributed by atoms with Crippen LogP contribution in [0.15, 0.2) is 6.20 Å². The van der Waals surface area contributed by atoms with E-state index in [1.807, 2.05) is 5.32 Å². The Balaban J connectivity index is 2.36. The van der Waals surface area contributed by atoms with E-state index in [2.05, 4.69) is 4.98 Å². The van der Waals surface area contributed by atoms with Crippen LogP contribution in [0.2, 0.25) is 0 Å². The van der Waals surface area contributed by atoms with Crippen molar-refractivity contribution in [2.24, 2.45) is 0 Å². The normalized spacial score (nSPS) is 17.2. The SMILES string of the molecule is FC(F)(F)c1cn2c(n1)C[NH2+]CC2. The molecule has 0 spiro atoms. The van der Waals surface area contributed by atoms with E-state index in [1.165, 1.54) is 0 Å². The number of hydrogen-bond donors (Lipinski definition) is 1. The van der Waals surface area contributed by atoms with Gasteiger partial charge in [-0.2, -0.15) is 13.2 Å². The summed E-state index contributed by atoms with van der Waals surface area (Å²) >= 11 is 0. The lowest BCUT2D eigenvalue weighted by Gasteiger charge is -2.10. The number of nitrogens with two attached hydrogens (primary N) is 1. The molecule has 2 N–H and O–H groups in total. The maximum atomic E-state index is 12.2. The Labute approximate surface area is 72.6 Å². The van der Waals surface area contributed by atoms with Crippen molar-refractivity contribution in [1.82, 2.24) is 9.55 Å². The van der Waals surface area contributed by atoms with E-state index in [0.29, 0.717) is 18.9 Å². The molecule has 0 unspecified atom stereocenters. The topological polar surface area (TPSA) is 34.4 Å². The average molecular weight is 192 g/mol. The van der Waals surface area contributed by atoms with Gasteiger partial charge in [-0.15, -0.1) is 0 Å². The molecule has 0 aromatic carbocycles. The van der Waals surface area contributed by atoms with Crippen LogP contribution in [0, 0.1) is 0 Å². The van der Waals surface area contributed by atoms with Crippen molar-refractivity contribution in [3.05, 3.63) is 17.7 Å². The second kappa shape index (κ2) is 2.73. The quantitative estimate of drug-likeness (QED) is 0.616. The van der Waals surface area contributed by atoms with Gasteiger partial charge < -0.3 is 9.88 Å². The number of halogens is 3. The van der Waals surface area contributed by atoms with Crippen LogP contribution >= 0.6 is 0 Å². The molecule has 0 fully saturated rings. The van der Waals surface area contributed by atoms with Gasteiger partial charge >= 0.3 is 6.18 Å². The molecule has 6 heteroatoms. The predicted molar refractivity (Wildman–Crippen MR) is 37.7 cm³/mol. The van der Waals surface area contributed by atoms with E-state index >= 15 is 0 Å².